The Bertz CT molecular complexity index is 1460. The maximum atomic E-state index is 13.7. The van der Waals surface area contributed by atoms with E-state index in [9.17, 15) is 22.8 Å². The smallest absolute Gasteiger partial charge is 0.321 e. The zero-order valence-corrected chi connectivity index (χ0v) is 20.7. The van der Waals surface area contributed by atoms with Gasteiger partial charge in [0, 0.05) is 22.9 Å². The third kappa shape index (κ3) is 4.24. The van der Waals surface area contributed by atoms with Gasteiger partial charge in [-0.05, 0) is 54.6 Å². The molecule has 186 valence electrons. The maximum absolute atomic E-state index is 13.7. The molecule has 0 radical (unpaired) electrons. The molecule has 1 N–H and O–H groups in total. The molecule has 0 spiro atoms. The van der Waals surface area contributed by atoms with Crippen LogP contribution in [0, 0.1) is 11.7 Å². The van der Waals surface area contributed by atoms with Crippen LogP contribution in [0.25, 0.3) is 16.6 Å². The second-order valence-electron chi connectivity index (χ2n) is 8.75. The van der Waals surface area contributed by atoms with Crippen molar-refractivity contribution in [2.24, 2.45) is 5.92 Å². The Hall–Kier alpha value is -3.37. The highest BCUT2D eigenvalue weighted by atomic mass is 35.5. The van der Waals surface area contributed by atoms with Crippen molar-refractivity contribution in [3.05, 3.63) is 75.8 Å². The second-order valence-corrected chi connectivity index (χ2v) is 10.5. The minimum Gasteiger partial charge on any atom is -0.345 e. The summed E-state index contributed by atoms with van der Waals surface area (Å²) in [7, 11) is 0. The fourth-order valence-electron chi connectivity index (χ4n) is 4.46. The van der Waals surface area contributed by atoms with Crippen molar-refractivity contribution in [1.82, 2.24) is 15.1 Å². The quantitative estimate of drug-likeness (QED) is 0.356. The largest absolute Gasteiger partial charge is 0.345 e. The molecule has 36 heavy (non-hydrogen) atoms. The van der Waals surface area contributed by atoms with Crippen LogP contribution in [-0.4, -0.2) is 33.6 Å². The zero-order valence-electron chi connectivity index (χ0n) is 19.1. The predicted molar refractivity (Wildman–Crippen MR) is 132 cm³/mol. The molecule has 3 atom stereocenters. The summed E-state index contributed by atoms with van der Waals surface area (Å²) in [4.78, 5) is 27.8. The topological polar surface area (TPSA) is 67.2 Å². The minimum atomic E-state index is -3.60. The predicted octanol–water partition coefficient (Wildman–Crippen LogP) is 5.74. The van der Waals surface area contributed by atoms with E-state index in [1.54, 1.807) is 60.3 Å². The van der Waals surface area contributed by atoms with Crippen molar-refractivity contribution in [3.63, 3.8) is 0 Å². The first-order chi connectivity index (χ1) is 17.0. The molecule has 2 unspecified atom stereocenters. The molecule has 2 aromatic carbocycles. The number of halogens is 4. The van der Waals surface area contributed by atoms with Gasteiger partial charge >= 0.3 is 5.92 Å². The molecule has 0 saturated carbocycles. The third-order valence-electron chi connectivity index (χ3n) is 6.27. The zero-order chi connectivity index (χ0) is 25.8. The molecule has 1 aliphatic rings. The molecule has 2 aromatic heterocycles. The van der Waals surface area contributed by atoms with Gasteiger partial charge in [0.2, 0.25) is 5.91 Å². The number of benzene rings is 2. The van der Waals surface area contributed by atoms with Crippen LogP contribution in [0.4, 0.5) is 18.9 Å². The molecule has 11 heteroatoms. The van der Waals surface area contributed by atoms with Crippen LogP contribution < -0.4 is 10.2 Å². The Kier molecular flexibility index (Phi) is 6.04. The van der Waals surface area contributed by atoms with Gasteiger partial charge in [-0.3, -0.25) is 9.59 Å². The van der Waals surface area contributed by atoms with Crippen LogP contribution in [0.15, 0.2) is 60.8 Å². The number of carbonyl (C=O) groups is 2. The maximum Gasteiger partial charge on any atom is 0.321 e. The van der Waals surface area contributed by atoms with Gasteiger partial charge in [-0.2, -0.15) is 13.9 Å². The SMILES string of the molecule is CC1C(=O)N(c2ccc3c(cnn3-c3ccc(F)cc3)c2)C(c2ccc(Cl)s2)[C@H]1NC(=O)C(C)(F)F. The van der Waals surface area contributed by atoms with E-state index in [0.717, 1.165) is 5.52 Å². The van der Waals surface area contributed by atoms with Crippen molar-refractivity contribution in [3.8, 4) is 5.69 Å². The standard InChI is InChI=1S/C25H20ClF3N4O2S/c1-13-21(31-24(35)25(2,28)29)22(19-9-10-20(26)36-19)32(23(13)34)17-7-8-18-14(11-17)12-30-33(18)16-5-3-15(27)4-6-16/h3-13,21-22H,1-2H3,(H,31,35)/t13?,21-,22?/m0/s1. The third-order valence-corrected chi connectivity index (χ3v) is 7.57. The molecule has 1 aliphatic heterocycles. The van der Waals surface area contributed by atoms with Crippen LogP contribution in [0.1, 0.15) is 24.8 Å². The van der Waals surface area contributed by atoms with Gasteiger partial charge in [-0.1, -0.05) is 18.5 Å². The van der Waals surface area contributed by atoms with Gasteiger partial charge in [-0.25, -0.2) is 9.07 Å². The van der Waals surface area contributed by atoms with E-state index < -0.39 is 29.8 Å². The lowest BCUT2D eigenvalue weighted by molar-refractivity contribution is -0.144. The van der Waals surface area contributed by atoms with Crippen LogP contribution in [0.2, 0.25) is 4.34 Å². The average molecular weight is 533 g/mol. The van der Waals surface area contributed by atoms with Crippen molar-refractivity contribution in [2.75, 3.05) is 4.90 Å². The first kappa shape index (κ1) is 24.3. The fraction of sp³-hybridized carbons (Fsp3) is 0.240. The van der Waals surface area contributed by atoms with Gasteiger partial charge in [0.1, 0.15) is 5.82 Å². The van der Waals surface area contributed by atoms with Crippen LogP contribution >= 0.6 is 22.9 Å². The number of hydrogen-bond donors (Lipinski definition) is 1. The Morgan fingerprint density at radius 3 is 2.44 bits per heavy atom. The van der Waals surface area contributed by atoms with E-state index in [4.69, 9.17) is 11.6 Å². The molecular formula is C25H20ClF3N4O2S. The monoisotopic (exact) mass is 532 g/mol. The summed E-state index contributed by atoms with van der Waals surface area (Å²) in [5.41, 5.74) is 1.92. The molecule has 5 rings (SSSR count). The van der Waals surface area contributed by atoms with Gasteiger partial charge in [-0.15, -0.1) is 11.3 Å². The Labute approximate surface area is 213 Å². The summed E-state index contributed by atoms with van der Waals surface area (Å²) in [6, 6.07) is 12.9. The Morgan fingerprint density at radius 1 is 1.11 bits per heavy atom. The van der Waals surface area contributed by atoms with E-state index in [-0.39, 0.29) is 11.7 Å². The van der Waals surface area contributed by atoms with Crippen LogP contribution in [0.5, 0.6) is 0 Å². The van der Waals surface area contributed by atoms with Crippen LogP contribution in [0.3, 0.4) is 0 Å². The average Bonchev–Trinajstić information content (AvgIpc) is 3.51. The van der Waals surface area contributed by atoms with Crippen molar-refractivity contribution in [1.29, 1.82) is 0 Å². The summed E-state index contributed by atoms with van der Waals surface area (Å²) in [5.74, 6) is -6.49. The molecule has 4 aromatic rings. The second kappa shape index (κ2) is 8.94. The highest BCUT2D eigenvalue weighted by molar-refractivity contribution is 7.16. The lowest BCUT2D eigenvalue weighted by Crippen LogP contribution is -2.47. The van der Waals surface area contributed by atoms with Gasteiger partial charge < -0.3 is 10.2 Å². The Morgan fingerprint density at radius 2 is 1.81 bits per heavy atom. The summed E-state index contributed by atoms with van der Waals surface area (Å²) in [6.45, 7) is 2.12. The number of thiophene rings is 1. The summed E-state index contributed by atoms with van der Waals surface area (Å²) >= 11 is 7.37. The van der Waals surface area contributed by atoms with E-state index >= 15 is 0 Å². The van der Waals surface area contributed by atoms with Gasteiger partial charge in [0.05, 0.1) is 39.7 Å². The number of carbonyl (C=O) groups excluding carboxylic acids is 2. The number of anilines is 1. The molecule has 3 heterocycles. The summed E-state index contributed by atoms with van der Waals surface area (Å²) in [5, 5.41) is 7.50. The highest BCUT2D eigenvalue weighted by Crippen LogP contribution is 2.44. The minimum absolute atomic E-state index is 0.320. The van der Waals surface area contributed by atoms with E-state index in [2.05, 4.69) is 10.4 Å². The molecule has 1 saturated heterocycles. The number of nitrogens with one attached hydrogen (secondary N) is 1. The molecule has 6 nitrogen and oxygen atoms in total. The van der Waals surface area contributed by atoms with Crippen molar-refractivity contribution < 1.29 is 22.8 Å². The van der Waals surface area contributed by atoms with Crippen molar-refractivity contribution in [2.45, 2.75) is 31.9 Å². The number of rotatable bonds is 5. The fourth-order valence-corrected chi connectivity index (χ4v) is 5.66. The van der Waals surface area contributed by atoms with E-state index in [0.29, 0.717) is 32.9 Å². The molecule has 0 aliphatic carbocycles. The number of fused-ring (bicyclic) bond motifs is 1. The lowest BCUT2D eigenvalue weighted by Gasteiger charge is -2.29. The first-order valence-electron chi connectivity index (χ1n) is 11.1. The van der Waals surface area contributed by atoms with Gasteiger partial charge in [0.15, 0.2) is 0 Å². The Balaban J connectivity index is 1.56. The number of alkyl halides is 2. The normalized spacial score (nSPS) is 20.3. The molecule has 0 bridgehead atoms. The lowest BCUT2D eigenvalue weighted by atomic mass is 9.98. The number of hydrogen-bond acceptors (Lipinski definition) is 4. The van der Waals surface area contributed by atoms with E-state index in [1.165, 1.54) is 28.4 Å². The number of nitrogens with zero attached hydrogens (tertiary/aromatic N) is 3. The highest BCUT2D eigenvalue weighted by Gasteiger charge is 2.50. The number of aromatic nitrogens is 2. The summed E-state index contributed by atoms with van der Waals surface area (Å²) in [6.07, 6.45) is 1.63. The van der Waals surface area contributed by atoms with Gasteiger partial charge in [0.25, 0.3) is 5.91 Å². The molecule has 2 amide bonds. The van der Waals surface area contributed by atoms with Crippen LogP contribution in [-0.2, 0) is 9.59 Å². The molecular weight excluding hydrogens is 513 g/mol. The first-order valence-corrected chi connectivity index (χ1v) is 12.2. The molecule has 1 fully saturated rings. The number of amides is 2. The summed E-state index contributed by atoms with van der Waals surface area (Å²) < 4.78 is 42.9. The van der Waals surface area contributed by atoms with Crippen molar-refractivity contribution >= 4 is 51.3 Å². The van der Waals surface area contributed by atoms with E-state index in [1.807, 2.05) is 0 Å².